The Kier molecular flexibility index (Phi) is 3.99. The Hall–Kier alpha value is -0.690. The van der Waals surface area contributed by atoms with Crippen molar-refractivity contribution in [2.75, 3.05) is 19.6 Å². The van der Waals surface area contributed by atoms with Crippen molar-refractivity contribution >= 4 is 21.4 Å². The second-order valence-corrected chi connectivity index (χ2v) is 8.56. The van der Waals surface area contributed by atoms with Crippen LogP contribution in [0.25, 0.3) is 0 Å². The number of hydrogen-bond donors (Lipinski definition) is 1. The normalized spacial score (nSPS) is 33.2. The molecule has 4 heterocycles. The van der Waals surface area contributed by atoms with Crippen molar-refractivity contribution < 1.29 is 8.42 Å². The summed E-state index contributed by atoms with van der Waals surface area (Å²) in [7, 11) is -3.33. The fourth-order valence-electron chi connectivity index (χ4n) is 3.35. The molecule has 0 spiro atoms. The summed E-state index contributed by atoms with van der Waals surface area (Å²) in [5.74, 6) is 1.25. The third-order valence-electron chi connectivity index (χ3n) is 4.50. The van der Waals surface area contributed by atoms with Crippen molar-refractivity contribution in [2.45, 2.75) is 23.1 Å². The lowest BCUT2D eigenvalue weighted by Gasteiger charge is -2.49. The summed E-state index contributed by atoms with van der Waals surface area (Å²) in [6.45, 7) is 6.54. The standard InChI is InChI=1S/C14H20N2O2S2/c1-2-11-10-16-6-5-12(11)8-13(16)9-15-20(17,18)14-4-3-7-19-14/h2-4,7,11-13,15H,1,5-6,8-10H2. The van der Waals surface area contributed by atoms with E-state index in [9.17, 15) is 8.42 Å². The maximum Gasteiger partial charge on any atom is 0.250 e. The predicted molar refractivity (Wildman–Crippen MR) is 81.3 cm³/mol. The molecule has 4 nitrogen and oxygen atoms in total. The van der Waals surface area contributed by atoms with Gasteiger partial charge in [0.1, 0.15) is 4.21 Å². The molecule has 1 aromatic heterocycles. The molecule has 1 N–H and O–H groups in total. The molecule has 4 rings (SSSR count). The van der Waals surface area contributed by atoms with E-state index in [0.717, 1.165) is 19.5 Å². The largest absolute Gasteiger partial charge is 0.298 e. The van der Waals surface area contributed by atoms with Gasteiger partial charge in [0.05, 0.1) is 0 Å². The van der Waals surface area contributed by atoms with E-state index in [1.807, 2.05) is 0 Å². The van der Waals surface area contributed by atoms with Crippen LogP contribution in [0.1, 0.15) is 12.8 Å². The van der Waals surface area contributed by atoms with Crippen LogP contribution in [0.3, 0.4) is 0 Å². The summed E-state index contributed by atoms with van der Waals surface area (Å²) < 4.78 is 27.4. The molecule has 2 bridgehead atoms. The lowest BCUT2D eigenvalue weighted by Crippen LogP contribution is -2.56. The Morgan fingerprint density at radius 3 is 3.00 bits per heavy atom. The zero-order valence-corrected chi connectivity index (χ0v) is 13.0. The second-order valence-electron chi connectivity index (χ2n) is 5.62. The molecule has 4 unspecified atom stereocenters. The molecule has 3 fully saturated rings. The van der Waals surface area contributed by atoms with Crippen LogP contribution in [0.4, 0.5) is 0 Å². The third kappa shape index (κ3) is 2.70. The van der Waals surface area contributed by atoms with Crippen molar-refractivity contribution in [3.8, 4) is 0 Å². The molecule has 4 atom stereocenters. The van der Waals surface area contributed by atoms with E-state index >= 15 is 0 Å². The van der Waals surface area contributed by atoms with Crippen LogP contribution in [0.2, 0.25) is 0 Å². The van der Waals surface area contributed by atoms with Gasteiger partial charge in [0.25, 0.3) is 0 Å². The molecule has 3 aliphatic rings. The van der Waals surface area contributed by atoms with Crippen LogP contribution >= 0.6 is 11.3 Å². The van der Waals surface area contributed by atoms with Crippen molar-refractivity contribution in [1.82, 2.24) is 9.62 Å². The molecule has 3 aliphatic heterocycles. The van der Waals surface area contributed by atoms with Crippen LogP contribution in [0.5, 0.6) is 0 Å². The van der Waals surface area contributed by atoms with Crippen LogP contribution in [-0.4, -0.2) is 39.0 Å². The number of rotatable bonds is 5. The average molecular weight is 312 g/mol. The van der Waals surface area contributed by atoms with E-state index < -0.39 is 10.0 Å². The average Bonchev–Trinajstić information content (AvgIpc) is 3.01. The van der Waals surface area contributed by atoms with E-state index in [-0.39, 0.29) is 0 Å². The van der Waals surface area contributed by atoms with Crippen LogP contribution in [-0.2, 0) is 10.0 Å². The highest BCUT2D eigenvalue weighted by Crippen LogP contribution is 2.36. The Morgan fingerprint density at radius 1 is 1.55 bits per heavy atom. The summed E-state index contributed by atoms with van der Waals surface area (Å²) >= 11 is 1.26. The molecule has 0 amide bonds. The first-order chi connectivity index (χ1) is 9.60. The van der Waals surface area contributed by atoms with Gasteiger partial charge < -0.3 is 0 Å². The molecule has 0 aliphatic carbocycles. The van der Waals surface area contributed by atoms with Crippen LogP contribution in [0, 0.1) is 11.8 Å². The smallest absolute Gasteiger partial charge is 0.250 e. The van der Waals surface area contributed by atoms with Crippen LogP contribution < -0.4 is 4.72 Å². The minimum absolute atomic E-state index is 0.333. The fraction of sp³-hybridized carbons (Fsp3) is 0.571. The first-order valence-electron chi connectivity index (χ1n) is 7.00. The minimum Gasteiger partial charge on any atom is -0.298 e. The van der Waals surface area contributed by atoms with Gasteiger partial charge in [0, 0.05) is 19.1 Å². The molecule has 1 aromatic rings. The molecular formula is C14H20N2O2S2. The molecule has 3 saturated heterocycles. The lowest BCUT2D eigenvalue weighted by molar-refractivity contribution is 0.0218. The molecular weight excluding hydrogens is 292 g/mol. The Labute approximate surface area is 124 Å². The van der Waals surface area contributed by atoms with Gasteiger partial charge in [-0.15, -0.1) is 17.9 Å². The first kappa shape index (κ1) is 14.3. The molecule has 20 heavy (non-hydrogen) atoms. The Bertz CT molecular complexity index is 568. The van der Waals surface area contributed by atoms with Gasteiger partial charge in [-0.2, -0.15) is 0 Å². The quantitative estimate of drug-likeness (QED) is 0.845. The third-order valence-corrected chi connectivity index (χ3v) is 7.32. The van der Waals surface area contributed by atoms with Gasteiger partial charge in [-0.1, -0.05) is 12.1 Å². The predicted octanol–water partition coefficient (Wildman–Crippen LogP) is 1.92. The Morgan fingerprint density at radius 2 is 2.40 bits per heavy atom. The highest BCUT2D eigenvalue weighted by atomic mass is 32.2. The number of fused-ring (bicyclic) bond motifs is 3. The lowest BCUT2D eigenvalue weighted by atomic mass is 9.76. The topological polar surface area (TPSA) is 49.4 Å². The first-order valence-corrected chi connectivity index (χ1v) is 9.36. The van der Waals surface area contributed by atoms with Crippen LogP contribution in [0.15, 0.2) is 34.4 Å². The van der Waals surface area contributed by atoms with Crippen molar-refractivity contribution in [3.63, 3.8) is 0 Å². The van der Waals surface area contributed by atoms with E-state index in [0.29, 0.717) is 28.6 Å². The van der Waals surface area contributed by atoms with Gasteiger partial charge in [-0.05, 0) is 42.7 Å². The highest BCUT2D eigenvalue weighted by molar-refractivity contribution is 7.91. The maximum atomic E-state index is 12.1. The number of thiophene rings is 1. The van der Waals surface area contributed by atoms with Crippen molar-refractivity contribution in [3.05, 3.63) is 30.2 Å². The molecule has 0 saturated carbocycles. The van der Waals surface area contributed by atoms with E-state index in [2.05, 4.69) is 22.3 Å². The van der Waals surface area contributed by atoms with Gasteiger partial charge in [-0.3, -0.25) is 4.90 Å². The SMILES string of the molecule is C=CC1CN2CCC1CC2CNS(=O)(=O)c1cccs1. The summed E-state index contributed by atoms with van der Waals surface area (Å²) in [5, 5.41) is 1.79. The zero-order chi connectivity index (χ0) is 14.2. The van der Waals surface area contributed by atoms with Crippen molar-refractivity contribution in [1.29, 1.82) is 0 Å². The Balaban J connectivity index is 1.62. The summed E-state index contributed by atoms with van der Waals surface area (Å²) in [5.41, 5.74) is 0. The summed E-state index contributed by atoms with van der Waals surface area (Å²) in [4.78, 5) is 2.41. The molecule has 110 valence electrons. The number of hydrogen-bond acceptors (Lipinski definition) is 4. The van der Waals surface area contributed by atoms with E-state index in [1.54, 1.807) is 17.5 Å². The fourth-order valence-corrected chi connectivity index (χ4v) is 5.46. The van der Waals surface area contributed by atoms with Gasteiger partial charge in [0.15, 0.2) is 0 Å². The molecule has 0 aromatic carbocycles. The molecule has 6 heteroatoms. The van der Waals surface area contributed by atoms with E-state index in [4.69, 9.17) is 0 Å². The van der Waals surface area contributed by atoms with Crippen molar-refractivity contribution in [2.24, 2.45) is 11.8 Å². The van der Waals surface area contributed by atoms with E-state index in [1.165, 1.54) is 17.8 Å². The number of piperidine rings is 3. The monoisotopic (exact) mass is 312 g/mol. The highest BCUT2D eigenvalue weighted by Gasteiger charge is 2.38. The number of nitrogens with zero attached hydrogens (tertiary/aromatic N) is 1. The van der Waals surface area contributed by atoms with Gasteiger partial charge in [-0.25, -0.2) is 13.1 Å². The number of sulfonamides is 1. The zero-order valence-electron chi connectivity index (χ0n) is 11.4. The minimum atomic E-state index is -3.33. The summed E-state index contributed by atoms with van der Waals surface area (Å²) in [6, 6.07) is 3.74. The summed E-state index contributed by atoms with van der Waals surface area (Å²) in [6.07, 6.45) is 4.34. The molecule has 0 radical (unpaired) electrons. The maximum absolute atomic E-state index is 12.1. The van der Waals surface area contributed by atoms with Gasteiger partial charge in [0.2, 0.25) is 10.0 Å². The van der Waals surface area contributed by atoms with Gasteiger partial charge >= 0.3 is 0 Å². The number of nitrogens with one attached hydrogen (secondary N) is 1. The second kappa shape index (κ2) is 5.60.